The molecule has 1 aromatic heterocycles. The maximum absolute atomic E-state index is 12.7. The molecule has 8 nitrogen and oxygen atoms in total. The lowest BCUT2D eigenvalue weighted by atomic mass is 9.66. The maximum atomic E-state index is 12.7. The summed E-state index contributed by atoms with van der Waals surface area (Å²) in [5, 5.41) is 11.8. The number of hydrogen-bond acceptors (Lipinski definition) is 5. The van der Waals surface area contributed by atoms with Crippen molar-refractivity contribution in [2.45, 2.75) is 70.6 Å². The number of carbonyl (C=O) groups excluding carboxylic acids is 2. The number of hydrogen-bond donors (Lipinski definition) is 1. The first-order valence-corrected chi connectivity index (χ1v) is 11.0. The van der Waals surface area contributed by atoms with E-state index in [-0.39, 0.29) is 24.1 Å². The first kappa shape index (κ1) is 23.3. The van der Waals surface area contributed by atoms with E-state index in [9.17, 15) is 19.5 Å². The fourth-order valence-electron chi connectivity index (χ4n) is 4.90. The van der Waals surface area contributed by atoms with E-state index in [1.165, 1.54) is 27.8 Å². The number of ether oxygens (including phenoxy) is 1. The molecule has 0 aromatic carbocycles. The smallest absolute Gasteiger partial charge is 0.410 e. The lowest BCUT2D eigenvalue weighted by Crippen LogP contribution is -2.62. The molecule has 2 aliphatic rings. The Bertz CT molecular complexity index is 895. The number of likely N-dealkylation sites (tertiary alicyclic amines) is 1. The van der Waals surface area contributed by atoms with Crippen molar-refractivity contribution in [3.05, 3.63) is 34.2 Å². The number of amides is 2. The zero-order chi connectivity index (χ0) is 23.0. The van der Waals surface area contributed by atoms with E-state index in [4.69, 9.17) is 4.74 Å². The highest BCUT2D eigenvalue weighted by Gasteiger charge is 2.56. The van der Waals surface area contributed by atoms with E-state index < -0.39 is 16.6 Å². The molecule has 0 bridgehead atoms. The van der Waals surface area contributed by atoms with Crippen molar-refractivity contribution in [3.8, 4) is 0 Å². The molecular formula is C23H35N3O5. The van der Waals surface area contributed by atoms with Crippen LogP contribution in [0.1, 0.15) is 63.2 Å². The highest BCUT2D eigenvalue weighted by Crippen LogP contribution is 2.51. The van der Waals surface area contributed by atoms with E-state index >= 15 is 0 Å². The third-order valence-electron chi connectivity index (χ3n) is 6.56. The van der Waals surface area contributed by atoms with Crippen molar-refractivity contribution in [2.75, 3.05) is 27.2 Å². The van der Waals surface area contributed by atoms with Gasteiger partial charge in [0.2, 0.25) is 0 Å². The molecular weight excluding hydrogens is 398 g/mol. The molecule has 8 heteroatoms. The predicted octanol–water partition coefficient (Wildman–Crippen LogP) is 2.48. The van der Waals surface area contributed by atoms with Crippen molar-refractivity contribution in [2.24, 2.45) is 5.41 Å². The summed E-state index contributed by atoms with van der Waals surface area (Å²) in [6.45, 7) is 6.38. The minimum atomic E-state index is -1.15. The van der Waals surface area contributed by atoms with E-state index in [0.717, 1.165) is 25.7 Å². The Morgan fingerprint density at radius 2 is 1.81 bits per heavy atom. The molecule has 1 aliphatic heterocycles. The Labute approximate surface area is 183 Å². The summed E-state index contributed by atoms with van der Waals surface area (Å²) in [7, 11) is 3.32. The van der Waals surface area contributed by atoms with Gasteiger partial charge in [0.15, 0.2) is 0 Å². The van der Waals surface area contributed by atoms with Gasteiger partial charge >= 0.3 is 6.09 Å². The SMILES string of the molecule is CN(C)C(=O)c1ccc(=O)n(CC2(O)CCN(C(=O)OC(C)(C)C)CC23CCCC3)c1. The summed E-state index contributed by atoms with van der Waals surface area (Å²) in [6.07, 6.45) is 5.03. The molecule has 172 valence electrons. The molecule has 2 amide bonds. The fraction of sp³-hybridized carbons (Fsp3) is 0.696. The maximum Gasteiger partial charge on any atom is 0.410 e. The molecule has 1 N–H and O–H groups in total. The van der Waals surface area contributed by atoms with E-state index in [0.29, 0.717) is 25.1 Å². The van der Waals surface area contributed by atoms with Gasteiger partial charge in [0, 0.05) is 44.9 Å². The Kier molecular flexibility index (Phi) is 6.24. The minimum Gasteiger partial charge on any atom is -0.444 e. The van der Waals surface area contributed by atoms with Crippen molar-refractivity contribution in [1.29, 1.82) is 0 Å². The van der Waals surface area contributed by atoms with E-state index in [1.54, 1.807) is 19.0 Å². The molecule has 3 rings (SSSR count). The molecule has 1 aliphatic carbocycles. The Morgan fingerprint density at radius 1 is 1.16 bits per heavy atom. The second-order valence-electron chi connectivity index (χ2n) is 10.3. The topological polar surface area (TPSA) is 92.1 Å². The van der Waals surface area contributed by atoms with Gasteiger partial charge < -0.3 is 24.2 Å². The number of piperidine rings is 1. The van der Waals surface area contributed by atoms with E-state index in [1.807, 2.05) is 20.8 Å². The van der Waals surface area contributed by atoms with Crippen molar-refractivity contribution >= 4 is 12.0 Å². The summed E-state index contributed by atoms with van der Waals surface area (Å²) in [6, 6.07) is 2.89. The van der Waals surface area contributed by atoms with Crippen LogP contribution in [-0.2, 0) is 11.3 Å². The monoisotopic (exact) mass is 433 g/mol. The molecule has 1 saturated carbocycles. The van der Waals surface area contributed by atoms with Gasteiger partial charge in [-0.3, -0.25) is 9.59 Å². The largest absolute Gasteiger partial charge is 0.444 e. The number of pyridine rings is 1. The van der Waals surface area contributed by atoms with Crippen molar-refractivity contribution < 1.29 is 19.4 Å². The van der Waals surface area contributed by atoms with Crippen LogP contribution in [0.3, 0.4) is 0 Å². The molecule has 1 aromatic rings. The van der Waals surface area contributed by atoms with Crippen LogP contribution in [0.5, 0.6) is 0 Å². The Balaban J connectivity index is 1.88. The highest BCUT2D eigenvalue weighted by molar-refractivity contribution is 5.93. The summed E-state index contributed by atoms with van der Waals surface area (Å²) >= 11 is 0. The van der Waals surface area contributed by atoms with Gasteiger partial charge in [-0.05, 0) is 46.1 Å². The van der Waals surface area contributed by atoms with Crippen LogP contribution in [0, 0.1) is 5.41 Å². The summed E-state index contributed by atoms with van der Waals surface area (Å²) < 4.78 is 7.00. The molecule has 31 heavy (non-hydrogen) atoms. The van der Waals surface area contributed by atoms with Crippen LogP contribution in [0.15, 0.2) is 23.1 Å². The van der Waals surface area contributed by atoms with Crippen LogP contribution >= 0.6 is 0 Å². The lowest BCUT2D eigenvalue weighted by Gasteiger charge is -2.52. The van der Waals surface area contributed by atoms with Crippen LogP contribution in [0.2, 0.25) is 0 Å². The second-order valence-corrected chi connectivity index (χ2v) is 10.3. The Morgan fingerprint density at radius 3 is 2.39 bits per heavy atom. The average molecular weight is 434 g/mol. The quantitative estimate of drug-likeness (QED) is 0.791. The highest BCUT2D eigenvalue weighted by atomic mass is 16.6. The van der Waals surface area contributed by atoms with Gasteiger partial charge in [0.25, 0.3) is 11.5 Å². The third-order valence-corrected chi connectivity index (χ3v) is 6.56. The van der Waals surface area contributed by atoms with Crippen molar-refractivity contribution in [3.63, 3.8) is 0 Å². The van der Waals surface area contributed by atoms with Gasteiger partial charge in [0.05, 0.1) is 17.7 Å². The van der Waals surface area contributed by atoms with Crippen LogP contribution in [0.4, 0.5) is 4.79 Å². The standard InChI is InChI=1S/C23H35N3O5/c1-21(2,3)31-20(29)25-13-12-23(30,22(15-25)10-6-7-11-22)16-26-14-17(8-9-18(26)27)19(28)24(4)5/h8-9,14,30H,6-7,10-13,15-16H2,1-5H3. The molecule has 0 radical (unpaired) electrons. The number of carbonyl (C=O) groups is 2. The first-order chi connectivity index (χ1) is 14.4. The summed E-state index contributed by atoms with van der Waals surface area (Å²) in [4.78, 5) is 40.7. The molecule has 2 heterocycles. The number of nitrogens with zero attached hydrogens (tertiary/aromatic N) is 3. The van der Waals surface area contributed by atoms with Gasteiger partial charge in [-0.1, -0.05) is 12.8 Å². The van der Waals surface area contributed by atoms with Crippen LogP contribution in [-0.4, -0.2) is 69.9 Å². The average Bonchev–Trinajstić information content (AvgIpc) is 3.14. The summed E-state index contributed by atoms with van der Waals surface area (Å²) in [5.41, 5.74) is -2.08. The number of rotatable bonds is 3. The van der Waals surface area contributed by atoms with Crippen molar-refractivity contribution in [1.82, 2.24) is 14.4 Å². The molecule has 1 unspecified atom stereocenters. The summed E-state index contributed by atoms with van der Waals surface area (Å²) in [5.74, 6) is -0.198. The second kappa shape index (κ2) is 8.30. The van der Waals surface area contributed by atoms with Gasteiger partial charge in [0.1, 0.15) is 5.60 Å². The molecule has 1 spiro atoms. The number of aromatic nitrogens is 1. The first-order valence-electron chi connectivity index (χ1n) is 11.0. The normalized spacial score (nSPS) is 23.1. The number of aliphatic hydroxyl groups is 1. The third kappa shape index (κ3) is 4.79. The lowest BCUT2D eigenvalue weighted by molar-refractivity contribution is -0.140. The van der Waals surface area contributed by atoms with Gasteiger partial charge in [-0.25, -0.2) is 4.79 Å². The molecule has 2 fully saturated rings. The van der Waals surface area contributed by atoms with Crippen LogP contribution < -0.4 is 5.56 Å². The predicted molar refractivity (Wildman–Crippen MR) is 117 cm³/mol. The van der Waals surface area contributed by atoms with Gasteiger partial charge in [-0.2, -0.15) is 0 Å². The fourth-order valence-corrected chi connectivity index (χ4v) is 4.90. The van der Waals surface area contributed by atoms with E-state index in [2.05, 4.69) is 0 Å². The molecule has 1 atom stereocenters. The Hall–Kier alpha value is -2.35. The zero-order valence-electron chi connectivity index (χ0n) is 19.3. The van der Waals surface area contributed by atoms with Gasteiger partial charge in [-0.15, -0.1) is 0 Å². The minimum absolute atomic E-state index is 0.0997. The zero-order valence-corrected chi connectivity index (χ0v) is 19.3. The van der Waals surface area contributed by atoms with Crippen LogP contribution in [0.25, 0.3) is 0 Å². The molecule has 1 saturated heterocycles.